The molecule has 1 heterocycles. The van der Waals surface area contributed by atoms with Crippen LogP contribution in [0.5, 0.6) is 11.5 Å². The summed E-state index contributed by atoms with van der Waals surface area (Å²) in [7, 11) is 3.15. The Bertz CT molecular complexity index is 1010. The smallest absolute Gasteiger partial charge is 0.273 e. The molecular weight excluding hydrogens is 402 g/mol. The summed E-state index contributed by atoms with van der Waals surface area (Å²) in [6.45, 7) is 1.96. The van der Waals surface area contributed by atoms with Gasteiger partial charge in [-0.1, -0.05) is 6.07 Å². The SMILES string of the molecule is COc1ccc(OC)c([C@H]2CCCN2C(=O)CNC(=O)c2ccc(C)c([N+](=O)[O-])c2)c1. The van der Waals surface area contributed by atoms with Gasteiger partial charge in [0.25, 0.3) is 11.6 Å². The number of hydrogen-bond acceptors (Lipinski definition) is 6. The fraction of sp³-hybridized carbons (Fsp3) is 0.364. The fourth-order valence-corrected chi connectivity index (χ4v) is 3.80. The third kappa shape index (κ3) is 4.76. The molecule has 0 aliphatic carbocycles. The van der Waals surface area contributed by atoms with Gasteiger partial charge in [0.2, 0.25) is 5.91 Å². The lowest BCUT2D eigenvalue weighted by atomic mass is 10.0. The Labute approximate surface area is 180 Å². The van der Waals surface area contributed by atoms with Crippen LogP contribution in [-0.4, -0.2) is 48.9 Å². The second-order valence-corrected chi connectivity index (χ2v) is 7.29. The monoisotopic (exact) mass is 427 g/mol. The Morgan fingerprint density at radius 1 is 1.19 bits per heavy atom. The summed E-state index contributed by atoms with van der Waals surface area (Å²) in [5.41, 5.74) is 1.32. The maximum Gasteiger partial charge on any atom is 0.273 e. The molecule has 0 radical (unpaired) electrons. The van der Waals surface area contributed by atoms with Crippen LogP contribution >= 0.6 is 0 Å². The number of rotatable bonds is 7. The van der Waals surface area contributed by atoms with Crippen LogP contribution in [0.4, 0.5) is 5.69 Å². The number of likely N-dealkylation sites (tertiary alicyclic amines) is 1. The van der Waals surface area contributed by atoms with Crippen molar-refractivity contribution in [1.29, 1.82) is 0 Å². The molecule has 1 fully saturated rings. The lowest BCUT2D eigenvalue weighted by Crippen LogP contribution is -2.40. The molecule has 2 aromatic rings. The van der Waals surface area contributed by atoms with Crippen molar-refractivity contribution in [2.45, 2.75) is 25.8 Å². The molecule has 2 amide bonds. The predicted molar refractivity (Wildman–Crippen MR) is 113 cm³/mol. The van der Waals surface area contributed by atoms with Crippen molar-refractivity contribution < 1.29 is 24.0 Å². The molecule has 0 aromatic heterocycles. The van der Waals surface area contributed by atoms with Gasteiger partial charge < -0.3 is 19.7 Å². The van der Waals surface area contributed by atoms with Gasteiger partial charge in [-0.15, -0.1) is 0 Å². The highest BCUT2D eigenvalue weighted by atomic mass is 16.6. The molecule has 1 saturated heterocycles. The number of amides is 2. The molecule has 3 rings (SSSR count). The quantitative estimate of drug-likeness (QED) is 0.537. The largest absolute Gasteiger partial charge is 0.497 e. The second-order valence-electron chi connectivity index (χ2n) is 7.29. The first kappa shape index (κ1) is 22.1. The topological polar surface area (TPSA) is 111 Å². The van der Waals surface area contributed by atoms with E-state index in [1.165, 1.54) is 18.2 Å². The zero-order valence-corrected chi connectivity index (χ0v) is 17.7. The van der Waals surface area contributed by atoms with Crippen LogP contribution in [0.2, 0.25) is 0 Å². The van der Waals surface area contributed by atoms with E-state index in [0.717, 1.165) is 18.4 Å². The van der Waals surface area contributed by atoms with Gasteiger partial charge in [-0.25, -0.2) is 0 Å². The molecule has 0 bridgehead atoms. The molecule has 2 aromatic carbocycles. The summed E-state index contributed by atoms with van der Waals surface area (Å²) in [6, 6.07) is 9.51. The van der Waals surface area contributed by atoms with Crippen molar-refractivity contribution >= 4 is 17.5 Å². The van der Waals surface area contributed by atoms with E-state index in [1.807, 2.05) is 6.07 Å². The Morgan fingerprint density at radius 3 is 2.65 bits per heavy atom. The van der Waals surface area contributed by atoms with E-state index >= 15 is 0 Å². The first-order chi connectivity index (χ1) is 14.8. The Kier molecular flexibility index (Phi) is 6.74. The number of hydrogen-bond donors (Lipinski definition) is 1. The third-order valence-electron chi connectivity index (χ3n) is 5.44. The van der Waals surface area contributed by atoms with Gasteiger partial charge >= 0.3 is 0 Å². The number of carbonyl (C=O) groups excluding carboxylic acids is 2. The number of carbonyl (C=O) groups is 2. The highest BCUT2D eigenvalue weighted by molar-refractivity contribution is 5.97. The molecule has 0 unspecified atom stereocenters. The molecule has 1 aliphatic rings. The van der Waals surface area contributed by atoms with E-state index in [0.29, 0.717) is 23.6 Å². The van der Waals surface area contributed by atoms with Crippen molar-refractivity contribution in [2.75, 3.05) is 27.3 Å². The molecule has 1 aliphatic heterocycles. The Hall–Kier alpha value is -3.62. The zero-order valence-electron chi connectivity index (χ0n) is 17.7. The number of ether oxygens (including phenoxy) is 2. The molecule has 1 N–H and O–H groups in total. The molecule has 0 spiro atoms. The van der Waals surface area contributed by atoms with Crippen LogP contribution in [0, 0.1) is 17.0 Å². The standard InChI is InChI=1S/C22H25N3O6/c1-14-6-7-15(11-19(14)25(28)29)22(27)23-13-21(26)24-10-4-5-18(24)17-12-16(30-2)8-9-20(17)31-3/h6-9,11-12,18H,4-5,10,13H2,1-3H3,(H,23,27)/t18-/m1/s1. The normalized spacial score (nSPS) is 15.5. The molecule has 164 valence electrons. The van der Waals surface area contributed by atoms with Gasteiger partial charge in [0.1, 0.15) is 11.5 Å². The van der Waals surface area contributed by atoms with Gasteiger partial charge in [-0.2, -0.15) is 0 Å². The molecular formula is C22H25N3O6. The van der Waals surface area contributed by atoms with Crippen LogP contribution in [0.15, 0.2) is 36.4 Å². The summed E-state index contributed by atoms with van der Waals surface area (Å²) in [5.74, 6) is 0.569. The number of methoxy groups -OCH3 is 2. The molecule has 0 saturated carbocycles. The van der Waals surface area contributed by atoms with Crippen molar-refractivity contribution in [3.63, 3.8) is 0 Å². The average molecular weight is 427 g/mol. The molecule has 1 atom stereocenters. The van der Waals surface area contributed by atoms with E-state index in [9.17, 15) is 19.7 Å². The van der Waals surface area contributed by atoms with Crippen LogP contribution < -0.4 is 14.8 Å². The number of nitro benzene ring substituents is 1. The van der Waals surface area contributed by atoms with Crippen LogP contribution in [0.1, 0.15) is 40.4 Å². The van der Waals surface area contributed by atoms with Gasteiger partial charge in [-0.3, -0.25) is 19.7 Å². The fourth-order valence-electron chi connectivity index (χ4n) is 3.80. The van der Waals surface area contributed by atoms with E-state index in [1.54, 1.807) is 38.2 Å². The zero-order chi connectivity index (χ0) is 22.5. The summed E-state index contributed by atoms with van der Waals surface area (Å²) in [4.78, 5) is 37.6. The summed E-state index contributed by atoms with van der Waals surface area (Å²) in [5, 5.41) is 13.7. The number of nitro groups is 1. The van der Waals surface area contributed by atoms with Crippen molar-refractivity contribution in [1.82, 2.24) is 10.2 Å². The van der Waals surface area contributed by atoms with Crippen molar-refractivity contribution in [2.24, 2.45) is 0 Å². The summed E-state index contributed by atoms with van der Waals surface area (Å²) < 4.78 is 10.8. The number of benzene rings is 2. The van der Waals surface area contributed by atoms with E-state index in [2.05, 4.69) is 5.32 Å². The number of nitrogens with one attached hydrogen (secondary N) is 1. The maximum absolute atomic E-state index is 12.9. The van der Waals surface area contributed by atoms with Gasteiger partial charge in [0, 0.05) is 29.3 Å². The van der Waals surface area contributed by atoms with Gasteiger partial charge in [0.05, 0.1) is 31.7 Å². The van der Waals surface area contributed by atoms with E-state index in [4.69, 9.17) is 9.47 Å². The first-order valence-corrected chi connectivity index (χ1v) is 9.90. The van der Waals surface area contributed by atoms with Crippen molar-refractivity contribution in [3.8, 4) is 11.5 Å². The average Bonchev–Trinajstić information content (AvgIpc) is 3.26. The van der Waals surface area contributed by atoms with Crippen molar-refractivity contribution in [3.05, 3.63) is 63.2 Å². The summed E-state index contributed by atoms with van der Waals surface area (Å²) in [6.07, 6.45) is 1.60. The van der Waals surface area contributed by atoms with Gasteiger partial charge in [0.15, 0.2) is 0 Å². The third-order valence-corrected chi connectivity index (χ3v) is 5.44. The lowest BCUT2D eigenvalue weighted by Gasteiger charge is -2.27. The molecule has 31 heavy (non-hydrogen) atoms. The predicted octanol–water partition coefficient (Wildman–Crippen LogP) is 3.01. The number of nitrogens with zero attached hydrogens (tertiary/aromatic N) is 2. The Morgan fingerprint density at radius 2 is 1.97 bits per heavy atom. The number of aryl methyl sites for hydroxylation is 1. The summed E-state index contributed by atoms with van der Waals surface area (Å²) >= 11 is 0. The molecule has 9 nitrogen and oxygen atoms in total. The maximum atomic E-state index is 12.9. The van der Waals surface area contributed by atoms with Crippen LogP contribution in [0.3, 0.4) is 0 Å². The van der Waals surface area contributed by atoms with Gasteiger partial charge in [-0.05, 0) is 44.0 Å². The minimum atomic E-state index is -0.536. The minimum Gasteiger partial charge on any atom is -0.497 e. The van der Waals surface area contributed by atoms with Crippen LogP contribution in [0.25, 0.3) is 0 Å². The second kappa shape index (κ2) is 9.46. The molecule has 9 heteroatoms. The minimum absolute atomic E-state index is 0.135. The Balaban J connectivity index is 1.71. The lowest BCUT2D eigenvalue weighted by molar-refractivity contribution is -0.385. The highest BCUT2D eigenvalue weighted by Crippen LogP contribution is 2.38. The first-order valence-electron chi connectivity index (χ1n) is 9.90. The van der Waals surface area contributed by atoms with E-state index < -0.39 is 10.8 Å². The van der Waals surface area contributed by atoms with Crippen LogP contribution in [-0.2, 0) is 4.79 Å². The highest BCUT2D eigenvalue weighted by Gasteiger charge is 2.32. The van der Waals surface area contributed by atoms with E-state index in [-0.39, 0.29) is 29.7 Å².